The molecule has 0 aromatic heterocycles. The van der Waals surface area contributed by atoms with Crippen LogP contribution in [0.15, 0.2) is 24.3 Å². The molecular formula is C19H25N2O5+. The molecule has 0 radical (unpaired) electrons. The van der Waals surface area contributed by atoms with Gasteiger partial charge < -0.3 is 10.2 Å². The van der Waals surface area contributed by atoms with Crippen LogP contribution in [0.5, 0.6) is 0 Å². The molecule has 7 nitrogen and oxygen atoms in total. The summed E-state index contributed by atoms with van der Waals surface area (Å²) in [5, 5.41) is 20.7. The maximum Gasteiger partial charge on any atom is 0.544 e. The Morgan fingerprint density at radius 3 is 2.54 bits per heavy atom. The lowest BCUT2D eigenvalue weighted by Gasteiger charge is -2.48. The Kier molecular flexibility index (Phi) is 5.00. The minimum absolute atomic E-state index is 0.198. The van der Waals surface area contributed by atoms with Crippen molar-refractivity contribution in [3.63, 3.8) is 0 Å². The molecule has 26 heavy (non-hydrogen) atoms. The smallest absolute Gasteiger partial charge is 0.481 e. The lowest BCUT2D eigenvalue weighted by Crippen LogP contribution is -2.73. The molecule has 7 heteroatoms. The number of para-hydroxylation sites is 1. The Morgan fingerprint density at radius 2 is 1.88 bits per heavy atom. The number of benzene rings is 1. The number of nitrogens with zero attached hydrogens (tertiary/aromatic N) is 2. The molecule has 3 rings (SSSR count). The van der Waals surface area contributed by atoms with Gasteiger partial charge in [0.2, 0.25) is 0 Å². The van der Waals surface area contributed by atoms with E-state index in [0.717, 1.165) is 31.2 Å². The summed E-state index contributed by atoms with van der Waals surface area (Å²) in [6, 6.07) is 7.24. The summed E-state index contributed by atoms with van der Waals surface area (Å²) in [4.78, 5) is 36.4. The van der Waals surface area contributed by atoms with Gasteiger partial charge in [0.15, 0.2) is 5.69 Å². The van der Waals surface area contributed by atoms with Gasteiger partial charge in [0, 0.05) is 30.4 Å². The number of carboxylic acid groups (broad SMARTS) is 2. The molecule has 1 heterocycles. The van der Waals surface area contributed by atoms with Gasteiger partial charge in [-0.2, -0.15) is 9.80 Å². The summed E-state index contributed by atoms with van der Waals surface area (Å²) in [7, 11) is 0. The highest BCUT2D eigenvalue weighted by molar-refractivity contribution is 5.89. The molecule has 0 saturated heterocycles. The number of carbonyl (C=O) groups excluding carboxylic acids is 1. The maximum absolute atomic E-state index is 12.9. The zero-order valence-electron chi connectivity index (χ0n) is 14.9. The molecule has 1 aliphatic heterocycles. The molecule has 2 N–H and O–H groups in total. The normalized spacial score (nSPS) is 26.7. The van der Waals surface area contributed by atoms with E-state index in [1.807, 2.05) is 12.1 Å². The lowest BCUT2D eigenvalue weighted by atomic mass is 9.86. The summed E-state index contributed by atoms with van der Waals surface area (Å²) < 4.78 is -0.518. The Balaban J connectivity index is 2.14. The van der Waals surface area contributed by atoms with Crippen molar-refractivity contribution in [2.45, 2.75) is 51.5 Å². The van der Waals surface area contributed by atoms with Crippen molar-refractivity contribution in [2.75, 3.05) is 6.54 Å². The topological polar surface area (TPSA) is 94.9 Å². The predicted molar refractivity (Wildman–Crippen MR) is 95.4 cm³/mol. The largest absolute Gasteiger partial charge is 0.544 e. The molecule has 2 amide bonds. The van der Waals surface area contributed by atoms with Gasteiger partial charge in [-0.05, 0) is 26.2 Å². The van der Waals surface area contributed by atoms with Crippen molar-refractivity contribution in [2.24, 2.45) is 5.92 Å². The average molecular weight is 361 g/mol. The van der Waals surface area contributed by atoms with Gasteiger partial charge in [0.25, 0.3) is 5.91 Å². The van der Waals surface area contributed by atoms with E-state index in [1.165, 1.54) is 5.01 Å². The summed E-state index contributed by atoms with van der Waals surface area (Å²) in [6.45, 7) is 1.96. The molecule has 1 aromatic rings. The minimum Gasteiger partial charge on any atom is -0.481 e. The van der Waals surface area contributed by atoms with Crippen LogP contribution in [-0.4, -0.2) is 45.8 Å². The second kappa shape index (κ2) is 7.07. The molecule has 1 unspecified atom stereocenters. The Labute approximate surface area is 152 Å². The van der Waals surface area contributed by atoms with Crippen molar-refractivity contribution in [1.29, 1.82) is 0 Å². The minimum atomic E-state index is -1.07. The van der Waals surface area contributed by atoms with E-state index in [1.54, 1.807) is 19.1 Å². The zero-order chi connectivity index (χ0) is 18.9. The lowest BCUT2D eigenvalue weighted by molar-refractivity contribution is -0.151. The maximum atomic E-state index is 12.9. The summed E-state index contributed by atoms with van der Waals surface area (Å²) in [6.07, 6.45) is 1.90. The highest BCUT2D eigenvalue weighted by Gasteiger charge is 2.61. The average Bonchev–Trinajstić information content (AvgIpc) is 3.08. The van der Waals surface area contributed by atoms with Gasteiger partial charge in [0.05, 0.1) is 13.0 Å². The third kappa shape index (κ3) is 2.76. The monoisotopic (exact) mass is 361 g/mol. The second-order valence-corrected chi connectivity index (χ2v) is 7.06. The van der Waals surface area contributed by atoms with Crippen molar-refractivity contribution < 1.29 is 24.6 Å². The number of aliphatic carboxylic acids is 1. The fourth-order valence-corrected chi connectivity index (χ4v) is 4.80. The van der Waals surface area contributed by atoms with Gasteiger partial charge in [0.1, 0.15) is 6.04 Å². The molecule has 0 bridgehead atoms. The number of hydrogen-bond acceptors (Lipinski definition) is 3. The highest BCUT2D eigenvalue weighted by Crippen LogP contribution is 2.48. The van der Waals surface area contributed by atoms with Crippen molar-refractivity contribution in [1.82, 2.24) is 9.60 Å². The van der Waals surface area contributed by atoms with Crippen LogP contribution in [0.2, 0.25) is 0 Å². The molecule has 1 aromatic carbocycles. The molecule has 140 valence electrons. The fourth-order valence-electron chi connectivity index (χ4n) is 4.80. The highest BCUT2D eigenvalue weighted by atomic mass is 16.4. The molecule has 1 aliphatic carbocycles. The number of hydrogen-bond donors (Lipinski definition) is 2. The Morgan fingerprint density at radius 1 is 1.15 bits per heavy atom. The van der Waals surface area contributed by atoms with Gasteiger partial charge in [-0.25, -0.2) is 0 Å². The van der Waals surface area contributed by atoms with Gasteiger partial charge in [-0.1, -0.05) is 22.8 Å². The standard InChI is InChI=1S/C19H24N2O5/c1-2-20(17(22)10-11-18(23)24)21(19(25)26)15-8-4-3-6-13(15)12-14-7-5-9-16(14)21/h3-4,6,8,14,16H,2,5,7,9-12H2,1H3,(H-,23,24,25,26)/p+1/t14-,16-,21?/m1/s1. The Bertz CT molecular complexity index is 734. The second-order valence-electron chi connectivity index (χ2n) is 7.06. The SMILES string of the molecule is CCN(C(=O)CCC(=O)O)[N+]1(C(=O)O)c2ccccc2C[C@H]2CCC[C@H]21. The van der Waals surface area contributed by atoms with Gasteiger partial charge in [-0.3, -0.25) is 9.59 Å². The van der Waals surface area contributed by atoms with E-state index in [0.29, 0.717) is 5.69 Å². The number of carboxylic acids is 1. The van der Waals surface area contributed by atoms with Crippen LogP contribution in [0.1, 0.15) is 44.6 Å². The third-order valence-electron chi connectivity index (χ3n) is 5.75. The zero-order valence-corrected chi connectivity index (χ0v) is 14.9. The van der Waals surface area contributed by atoms with Crippen molar-refractivity contribution >= 4 is 23.7 Å². The first-order valence-corrected chi connectivity index (χ1v) is 9.16. The molecule has 0 spiro atoms. The fraction of sp³-hybridized carbons (Fsp3) is 0.526. The first-order valence-electron chi connectivity index (χ1n) is 9.16. The number of fused-ring (bicyclic) bond motifs is 2. The number of carbonyl (C=O) groups is 3. The molecular weight excluding hydrogens is 336 g/mol. The van der Waals surface area contributed by atoms with Crippen LogP contribution >= 0.6 is 0 Å². The van der Waals surface area contributed by atoms with Crippen LogP contribution in [0.25, 0.3) is 0 Å². The van der Waals surface area contributed by atoms with E-state index < -0.39 is 22.6 Å². The van der Waals surface area contributed by atoms with Crippen LogP contribution in [-0.2, 0) is 16.0 Å². The van der Waals surface area contributed by atoms with Gasteiger partial charge in [-0.15, -0.1) is 0 Å². The third-order valence-corrected chi connectivity index (χ3v) is 5.75. The molecule has 1 fully saturated rings. The quantitative estimate of drug-likeness (QED) is 0.804. The molecule has 2 aliphatic rings. The molecule has 1 saturated carbocycles. The first kappa shape index (κ1) is 18.4. The van der Waals surface area contributed by atoms with Crippen LogP contribution in [0, 0.1) is 5.92 Å². The number of amides is 2. The van der Waals surface area contributed by atoms with Crippen LogP contribution in [0.4, 0.5) is 10.5 Å². The summed E-state index contributed by atoms with van der Waals surface area (Å²) in [5.41, 5.74) is 1.59. The predicted octanol–water partition coefficient (Wildman–Crippen LogP) is 3.03. The van der Waals surface area contributed by atoms with E-state index >= 15 is 0 Å². The number of rotatable bonds is 4. The van der Waals surface area contributed by atoms with Crippen molar-refractivity contribution in [3.8, 4) is 0 Å². The summed E-state index contributed by atoms with van der Waals surface area (Å²) in [5.74, 6) is -1.28. The molecule has 3 atom stereocenters. The van der Waals surface area contributed by atoms with Crippen LogP contribution in [0.3, 0.4) is 0 Å². The Hall–Kier alpha value is -2.41. The first-order chi connectivity index (χ1) is 12.4. The van der Waals surface area contributed by atoms with Crippen molar-refractivity contribution in [3.05, 3.63) is 29.8 Å². The van der Waals surface area contributed by atoms with Crippen LogP contribution < -0.4 is 4.59 Å². The van der Waals surface area contributed by atoms with E-state index in [-0.39, 0.29) is 31.3 Å². The van der Waals surface area contributed by atoms with E-state index in [4.69, 9.17) is 5.11 Å². The van der Waals surface area contributed by atoms with E-state index in [9.17, 15) is 19.5 Å². The van der Waals surface area contributed by atoms with Gasteiger partial charge >= 0.3 is 12.1 Å². The van der Waals surface area contributed by atoms with E-state index in [2.05, 4.69) is 0 Å². The summed E-state index contributed by atoms with van der Waals surface area (Å²) >= 11 is 0. The number of quaternary nitrogens is 1.